The summed E-state index contributed by atoms with van der Waals surface area (Å²) in [5, 5.41) is 7.70. The van der Waals surface area contributed by atoms with Crippen LogP contribution < -0.4 is 10.1 Å². The first kappa shape index (κ1) is 20.8. The van der Waals surface area contributed by atoms with Gasteiger partial charge in [0.1, 0.15) is 6.61 Å². The van der Waals surface area contributed by atoms with Gasteiger partial charge in [-0.05, 0) is 58.2 Å². The highest BCUT2D eigenvalue weighted by atomic mass is 16.5. The normalized spacial score (nSPS) is 22.3. The van der Waals surface area contributed by atoms with Crippen LogP contribution in [-0.2, 0) is 11.8 Å². The molecule has 7 nitrogen and oxygen atoms in total. The van der Waals surface area contributed by atoms with E-state index in [2.05, 4.69) is 40.3 Å². The fraction of sp³-hybridized carbons (Fsp3) is 0.609. The molecule has 3 heterocycles. The molecular weight excluding hydrogens is 378 g/mol. The molecule has 30 heavy (non-hydrogen) atoms. The van der Waals surface area contributed by atoms with Crippen LogP contribution in [0.15, 0.2) is 24.5 Å². The lowest BCUT2D eigenvalue weighted by molar-refractivity contribution is -0.131. The van der Waals surface area contributed by atoms with Crippen molar-refractivity contribution in [3.8, 4) is 5.88 Å². The molecule has 2 atom stereocenters. The van der Waals surface area contributed by atoms with Crippen molar-refractivity contribution >= 4 is 5.91 Å². The standard InChI is InChI=1S/C23H33N5O2/c1-15-18(11-25-28(15)5)19-12-27(4)13-20(19)26-22(29)23(2,3)14-30-21-17(16-8-9-16)7-6-10-24-21/h6-7,10-11,16,19-20H,8-9,12-14H2,1-5H3,(H,26,29)/t19-,20+/m0/s1. The molecule has 1 aliphatic heterocycles. The molecule has 0 aromatic carbocycles. The van der Waals surface area contributed by atoms with Gasteiger partial charge in [0.05, 0.1) is 11.6 Å². The first-order valence-electron chi connectivity index (χ1n) is 10.8. The Bertz CT molecular complexity index is 918. The van der Waals surface area contributed by atoms with Gasteiger partial charge in [-0.25, -0.2) is 4.98 Å². The van der Waals surface area contributed by atoms with Gasteiger partial charge in [-0.2, -0.15) is 5.10 Å². The first-order valence-corrected chi connectivity index (χ1v) is 10.8. The minimum absolute atomic E-state index is 0.0123. The number of carbonyl (C=O) groups excluding carboxylic acids is 1. The van der Waals surface area contributed by atoms with Crippen molar-refractivity contribution in [3.05, 3.63) is 41.3 Å². The fourth-order valence-electron chi connectivity index (χ4n) is 4.25. The molecule has 1 N–H and O–H groups in total. The molecule has 7 heteroatoms. The second kappa shape index (κ2) is 8.02. The van der Waals surface area contributed by atoms with Crippen LogP contribution in [0.1, 0.15) is 55.3 Å². The number of aromatic nitrogens is 3. The van der Waals surface area contributed by atoms with Crippen LogP contribution >= 0.6 is 0 Å². The largest absolute Gasteiger partial charge is 0.476 e. The summed E-state index contributed by atoms with van der Waals surface area (Å²) < 4.78 is 7.95. The Labute approximate surface area is 178 Å². The van der Waals surface area contributed by atoms with Crippen LogP contribution in [0.4, 0.5) is 0 Å². The topological polar surface area (TPSA) is 72.3 Å². The molecule has 1 amide bonds. The monoisotopic (exact) mass is 411 g/mol. The summed E-state index contributed by atoms with van der Waals surface area (Å²) in [5.74, 6) is 1.48. The summed E-state index contributed by atoms with van der Waals surface area (Å²) in [4.78, 5) is 19.9. The molecule has 0 spiro atoms. The molecule has 1 saturated heterocycles. The van der Waals surface area contributed by atoms with Gasteiger partial charge in [-0.1, -0.05) is 6.07 Å². The smallest absolute Gasteiger partial charge is 0.229 e. The summed E-state index contributed by atoms with van der Waals surface area (Å²) in [7, 11) is 4.05. The van der Waals surface area contributed by atoms with Crippen LogP contribution in [0, 0.1) is 12.3 Å². The van der Waals surface area contributed by atoms with E-state index >= 15 is 0 Å². The van der Waals surface area contributed by atoms with Gasteiger partial charge in [0, 0.05) is 49.6 Å². The average Bonchev–Trinajstić information content (AvgIpc) is 3.42. The minimum atomic E-state index is -0.659. The number of pyridine rings is 1. The lowest BCUT2D eigenvalue weighted by Gasteiger charge is -2.28. The van der Waals surface area contributed by atoms with Crippen molar-refractivity contribution in [2.75, 3.05) is 26.7 Å². The molecule has 2 aliphatic rings. The lowest BCUT2D eigenvalue weighted by atomic mass is 9.90. The maximum absolute atomic E-state index is 13.2. The third-order valence-electron chi connectivity index (χ3n) is 6.49. The van der Waals surface area contributed by atoms with E-state index in [9.17, 15) is 4.79 Å². The molecule has 1 saturated carbocycles. The van der Waals surface area contributed by atoms with Crippen molar-refractivity contribution in [3.63, 3.8) is 0 Å². The number of hydrogen-bond acceptors (Lipinski definition) is 5. The van der Waals surface area contributed by atoms with Crippen molar-refractivity contribution in [2.24, 2.45) is 12.5 Å². The number of amides is 1. The van der Waals surface area contributed by atoms with Gasteiger partial charge in [-0.15, -0.1) is 0 Å². The minimum Gasteiger partial charge on any atom is -0.476 e. The summed E-state index contributed by atoms with van der Waals surface area (Å²) in [6.45, 7) is 7.99. The molecule has 0 unspecified atom stereocenters. The number of nitrogens with zero attached hydrogens (tertiary/aromatic N) is 4. The van der Waals surface area contributed by atoms with Crippen LogP contribution in [-0.4, -0.2) is 58.4 Å². The molecule has 2 fully saturated rings. The Kier molecular flexibility index (Phi) is 5.57. The summed E-state index contributed by atoms with van der Waals surface area (Å²) in [5.41, 5.74) is 2.87. The van der Waals surface area contributed by atoms with Crippen LogP contribution in [0.5, 0.6) is 5.88 Å². The number of likely N-dealkylation sites (tertiary alicyclic amines) is 1. The van der Waals surface area contributed by atoms with E-state index in [1.807, 2.05) is 37.8 Å². The van der Waals surface area contributed by atoms with Gasteiger partial charge in [0.15, 0.2) is 0 Å². The van der Waals surface area contributed by atoms with E-state index in [4.69, 9.17) is 4.74 Å². The number of nitrogens with one attached hydrogen (secondary N) is 1. The molecule has 2 aromatic rings. The van der Waals surface area contributed by atoms with E-state index in [0.29, 0.717) is 18.4 Å². The Balaban J connectivity index is 1.42. The van der Waals surface area contributed by atoms with Crippen molar-refractivity contribution < 1.29 is 9.53 Å². The van der Waals surface area contributed by atoms with Crippen LogP contribution in [0.3, 0.4) is 0 Å². The summed E-state index contributed by atoms with van der Waals surface area (Å²) >= 11 is 0. The molecule has 2 aromatic heterocycles. The second-order valence-corrected chi connectivity index (χ2v) is 9.56. The third-order valence-corrected chi connectivity index (χ3v) is 6.49. The lowest BCUT2D eigenvalue weighted by Crippen LogP contribution is -2.48. The summed E-state index contributed by atoms with van der Waals surface area (Å²) in [6.07, 6.45) is 6.07. The molecule has 1 aliphatic carbocycles. The molecule has 4 rings (SSSR count). The Morgan fingerprint density at radius 1 is 1.27 bits per heavy atom. The predicted molar refractivity (Wildman–Crippen MR) is 116 cm³/mol. The number of carbonyl (C=O) groups is 1. The van der Waals surface area contributed by atoms with Crippen molar-refractivity contribution in [1.82, 2.24) is 25.0 Å². The molecule has 0 bridgehead atoms. The molecule has 0 radical (unpaired) electrons. The predicted octanol–water partition coefficient (Wildman–Crippen LogP) is 2.62. The van der Waals surface area contributed by atoms with Gasteiger partial charge in [-0.3, -0.25) is 9.48 Å². The van der Waals surface area contributed by atoms with E-state index in [1.54, 1.807) is 6.20 Å². The first-order chi connectivity index (χ1) is 14.3. The zero-order valence-corrected chi connectivity index (χ0v) is 18.7. The average molecular weight is 412 g/mol. The maximum atomic E-state index is 13.2. The molecular formula is C23H33N5O2. The quantitative estimate of drug-likeness (QED) is 0.758. The SMILES string of the molecule is Cc1c([C@@H]2CN(C)C[C@H]2NC(=O)C(C)(C)COc2ncccc2C2CC2)cnn1C. The Morgan fingerprint density at radius 3 is 2.70 bits per heavy atom. The highest BCUT2D eigenvalue weighted by Gasteiger charge is 2.38. The van der Waals surface area contributed by atoms with E-state index in [1.165, 1.54) is 24.0 Å². The van der Waals surface area contributed by atoms with E-state index in [-0.39, 0.29) is 17.9 Å². The van der Waals surface area contributed by atoms with Crippen molar-refractivity contribution in [2.45, 2.75) is 51.5 Å². The number of hydrogen-bond donors (Lipinski definition) is 1. The third kappa shape index (κ3) is 4.21. The van der Waals surface area contributed by atoms with Crippen molar-refractivity contribution in [1.29, 1.82) is 0 Å². The fourth-order valence-corrected chi connectivity index (χ4v) is 4.25. The zero-order valence-electron chi connectivity index (χ0n) is 18.7. The summed E-state index contributed by atoms with van der Waals surface area (Å²) in [6, 6.07) is 4.10. The Morgan fingerprint density at radius 2 is 2.03 bits per heavy atom. The maximum Gasteiger partial charge on any atom is 0.229 e. The number of ether oxygens (including phenoxy) is 1. The highest BCUT2D eigenvalue weighted by Crippen LogP contribution is 2.43. The number of likely N-dealkylation sites (N-methyl/N-ethyl adjacent to an activating group) is 1. The highest BCUT2D eigenvalue weighted by molar-refractivity contribution is 5.82. The zero-order chi connectivity index (χ0) is 21.5. The number of rotatable bonds is 7. The Hall–Kier alpha value is -2.41. The number of aryl methyl sites for hydroxylation is 1. The van der Waals surface area contributed by atoms with Gasteiger partial charge in [0.2, 0.25) is 11.8 Å². The second-order valence-electron chi connectivity index (χ2n) is 9.56. The molecule has 162 valence electrons. The van der Waals surface area contributed by atoms with Gasteiger partial charge >= 0.3 is 0 Å². The van der Waals surface area contributed by atoms with E-state index < -0.39 is 5.41 Å². The van der Waals surface area contributed by atoms with E-state index in [0.717, 1.165) is 18.8 Å². The van der Waals surface area contributed by atoms with Crippen LogP contribution in [0.2, 0.25) is 0 Å². The van der Waals surface area contributed by atoms with Gasteiger partial charge < -0.3 is 15.0 Å². The van der Waals surface area contributed by atoms with Gasteiger partial charge in [0.25, 0.3) is 0 Å². The van der Waals surface area contributed by atoms with Crippen LogP contribution in [0.25, 0.3) is 0 Å².